The second-order valence-electron chi connectivity index (χ2n) is 5.51. The minimum Gasteiger partial charge on any atom is -0.349 e. The molecule has 0 aromatic heterocycles. The van der Waals surface area contributed by atoms with Gasteiger partial charge in [-0.25, -0.2) is 9.78 Å². The van der Waals surface area contributed by atoms with E-state index in [1.165, 1.54) is 12.8 Å². The predicted molar refractivity (Wildman–Crippen MR) is 61.7 cm³/mol. The molecule has 0 aromatic carbocycles. The molecule has 2 fully saturated rings. The zero-order valence-corrected chi connectivity index (χ0v) is 10.7. The number of ether oxygens (including phenoxy) is 1. The zero-order chi connectivity index (χ0) is 11.6. The Labute approximate surface area is 98.4 Å². The van der Waals surface area contributed by atoms with Gasteiger partial charge in [-0.05, 0) is 32.1 Å². The van der Waals surface area contributed by atoms with Crippen molar-refractivity contribution in [2.45, 2.75) is 64.8 Å². The second kappa shape index (κ2) is 5.03. The Bertz CT molecular complexity index is 223. The lowest BCUT2D eigenvalue weighted by atomic mass is 9.81. The summed E-state index contributed by atoms with van der Waals surface area (Å²) in [6.45, 7) is 7.50. The average molecular weight is 228 g/mol. The topological polar surface area (TPSA) is 27.7 Å². The number of rotatable bonds is 4. The Balaban J connectivity index is 1.92. The summed E-state index contributed by atoms with van der Waals surface area (Å²) < 4.78 is 5.46. The highest BCUT2D eigenvalue weighted by molar-refractivity contribution is 4.86. The van der Waals surface area contributed by atoms with Crippen molar-refractivity contribution < 1.29 is 14.5 Å². The van der Waals surface area contributed by atoms with Crippen LogP contribution in [0.4, 0.5) is 0 Å². The van der Waals surface area contributed by atoms with Gasteiger partial charge in [0, 0.05) is 5.92 Å². The SMILES string of the molecule is CCC(CC)C[C@]1(C)C[C@H]2CCO[C@H]2OO1. The standard InChI is InChI=1S/C13H24O3/c1-4-10(5-2)8-13(3)9-11-6-7-14-12(11)15-16-13/h10-12H,4-9H2,1-3H3/t11-,12+,13-/m1/s1. The van der Waals surface area contributed by atoms with Crippen LogP contribution in [-0.2, 0) is 14.5 Å². The van der Waals surface area contributed by atoms with Gasteiger partial charge in [-0.15, -0.1) is 0 Å². The molecule has 2 aliphatic heterocycles. The van der Waals surface area contributed by atoms with Crippen LogP contribution < -0.4 is 0 Å². The monoisotopic (exact) mass is 228 g/mol. The molecular formula is C13H24O3. The van der Waals surface area contributed by atoms with E-state index >= 15 is 0 Å². The van der Waals surface area contributed by atoms with Gasteiger partial charge in [-0.1, -0.05) is 26.7 Å². The molecule has 3 heteroatoms. The normalized spacial score (nSPS) is 39.0. The van der Waals surface area contributed by atoms with Gasteiger partial charge in [-0.3, -0.25) is 0 Å². The average Bonchev–Trinajstić information content (AvgIpc) is 2.72. The van der Waals surface area contributed by atoms with Gasteiger partial charge in [0.1, 0.15) is 5.60 Å². The number of hydrogen-bond acceptors (Lipinski definition) is 3. The van der Waals surface area contributed by atoms with Crippen molar-refractivity contribution in [2.75, 3.05) is 6.61 Å². The van der Waals surface area contributed by atoms with Gasteiger partial charge in [0.25, 0.3) is 0 Å². The second-order valence-corrected chi connectivity index (χ2v) is 5.51. The van der Waals surface area contributed by atoms with E-state index in [9.17, 15) is 0 Å². The molecule has 3 atom stereocenters. The lowest BCUT2D eigenvalue weighted by Crippen LogP contribution is -2.42. The van der Waals surface area contributed by atoms with Gasteiger partial charge < -0.3 is 4.74 Å². The van der Waals surface area contributed by atoms with Gasteiger partial charge >= 0.3 is 0 Å². The lowest BCUT2D eigenvalue weighted by Gasteiger charge is -2.39. The van der Waals surface area contributed by atoms with E-state index in [1.807, 2.05) is 0 Å². The molecule has 3 nitrogen and oxygen atoms in total. The lowest BCUT2D eigenvalue weighted by molar-refractivity contribution is -0.450. The molecule has 0 aromatic rings. The number of fused-ring (bicyclic) bond motifs is 1. The van der Waals surface area contributed by atoms with E-state index in [4.69, 9.17) is 14.5 Å². The van der Waals surface area contributed by atoms with E-state index < -0.39 is 0 Å². The van der Waals surface area contributed by atoms with Crippen LogP contribution in [0.25, 0.3) is 0 Å². The van der Waals surface area contributed by atoms with Crippen molar-refractivity contribution in [3.05, 3.63) is 0 Å². The first-order valence-electron chi connectivity index (χ1n) is 6.63. The molecule has 2 aliphatic rings. The Morgan fingerprint density at radius 2 is 2.06 bits per heavy atom. The molecule has 0 bridgehead atoms. The third-order valence-corrected chi connectivity index (χ3v) is 4.07. The molecule has 0 aliphatic carbocycles. The van der Waals surface area contributed by atoms with Crippen LogP contribution in [0.3, 0.4) is 0 Å². The largest absolute Gasteiger partial charge is 0.349 e. The summed E-state index contributed by atoms with van der Waals surface area (Å²) in [6.07, 6.45) is 5.64. The minimum atomic E-state index is -0.106. The highest BCUT2D eigenvalue weighted by Crippen LogP contribution is 2.41. The summed E-state index contributed by atoms with van der Waals surface area (Å²) in [4.78, 5) is 11.0. The fourth-order valence-corrected chi connectivity index (χ4v) is 2.97. The Morgan fingerprint density at radius 3 is 2.75 bits per heavy atom. The summed E-state index contributed by atoms with van der Waals surface area (Å²) in [7, 11) is 0. The molecule has 2 heterocycles. The van der Waals surface area contributed by atoms with Crippen LogP contribution in [0, 0.1) is 11.8 Å². The molecule has 0 amide bonds. The molecule has 0 radical (unpaired) electrons. The van der Waals surface area contributed by atoms with E-state index in [0.717, 1.165) is 31.8 Å². The highest BCUT2D eigenvalue weighted by Gasteiger charge is 2.44. The van der Waals surface area contributed by atoms with Crippen LogP contribution in [0.1, 0.15) is 52.9 Å². The quantitative estimate of drug-likeness (QED) is 0.691. The fourth-order valence-electron chi connectivity index (χ4n) is 2.97. The minimum absolute atomic E-state index is 0.102. The van der Waals surface area contributed by atoms with Crippen molar-refractivity contribution in [1.82, 2.24) is 0 Å². The summed E-state index contributed by atoms with van der Waals surface area (Å²) >= 11 is 0. The summed E-state index contributed by atoms with van der Waals surface area (Å²) in [5, 5.41) is 0. The fraction of sp³-hybridized carbons (Fsp3) is 1.00. The maximum Gasteiger partial charge on any atom is 0.194 e. The molecule has 2 rings (SSSR count). The van der Waals surface area contributed by atoms with Crippen molar-refractivity contribution in [3.63, 3.8) is 0 Å². The zero-order valence-electron chi connectivity index (χ0n) is 10.7. The number of hydrogen-bond donors (Lipinski definition) is 0. The van der Waals surface area contributed by atoms with E-state index in [1.54, 1.807) is 0 Å². The molecule has 16 heavy (non-hydrogen) atoms. The Hall–Kier alpha value is -0.120. The van der Waals surface area contributed by atoms with Crippen molar-refractivity contribution in [2.24, 2.45) is 11.8 Å². The molecule has 0 unspecified atom stereocenters. The van der Waals surface area contributed by atoms with Crippen molar-refractivity contribution in [3.8, 4) is 0 Å². The highest BCUT2D eigenvalue weighted by atomic mass is 17.2. The van der Waals surface area contributed by atoms with E-state index in [2.05, 4.69) is 20.8 Å². The van der Waals surface area contributed by atoms with Crippen molar-refractivity contribution >= 4 is 0 Å². The molecule has 0 N–H and O–H groups in total. The van der Waals surface area contributed by atoms with E-state index in [-0.39, 0.29) is 11.9 Å². The molecular weight excluding hydrogens is 204 g/mol. The van der Waals surface area contributed by atoms with Gasteiger partial charge in [-0.2, -0.15) is 0 Å². The van der Waals surface area contributed by atoms with Gasteiger partial charge in [0.2, 0.25) is 0 Å². The summed E-state index contributed by atoms with van der Waals surface area (Å²) in [5.74, 6) is 1.28. The Morgan fingerprint density at radius 1 is 1.31 bits per heavy atom. The predicted octanol–water partition coefficient (Wildman–Crippen LogP) is 3.29. The maximum absolute atomic E-state index is 5.59. The maximum atomic E-state index is 5.59. The Kier molecular flexibility index (Phi) is 3.88. The third-order valence-electron chi connectivity index (χ3n) is 4.07. The van der Waals surface area contributed by atoms with Crippen LogP contribution in [0.15, 0.2) is 0 Å². The van der Waals surface area contributed by atoms with E-state index in [0.29, 0.717) is 5.92 Å². The van der Waals surface area contributed by atoms with Gasteiger partial charge in [0.15, 0.2) is 6.29 Å². The van der Waals surface area contributed by atoms with Crippen LogP contribution in [0.5, 0.6) is 0 Å². The summed E-state index contributed by atoms with van der Waals surface area (Å²) in [5.41, 5.74) is -0.106. The first-order chi connectivity index (χ1) is 7.67. The first kappa shape index (κ1) is 12.3. The third kappa shape index (κ3) is 2.58. The molecule has 94 valence electrons. The molecule has 0 saturated carbocycles. The molecule has 0 spiro atoms. The van der Waals surface area contributed by atoms with Crippen LogP contribution in [0.2, 0.25) is 0 Å². The first-order valence-corrected chi connectivity index (χ1v) is 6.63. The smallest absolute Gasteiger partial charge is 0.194 e. The summed E-state index contributed by atoms with van der Waals surface area (Å²) in [6, 6.07) is 0. The van der Waals surface area contributed by atoms with Crippen molar-refractivity contribution in [1.29, 1.82) is 0 Å². The van der Waals surface area contributed by atoms with Crippen LogP contribution in [-0.4, -0.2) is 18.5 Å². The van der Waals surface area contributed by atoms with Gasteiger partial charge in [0.05, 0.1) is 6.61 Å². The van der Waals surface area contributed by atoms with Crippen LogP contribution >= 0.6 is 0 Å². The molecule has 2 saturated heterocycles.